The number of rotatable bonds is 7. The Morgan fingerprint density at radius 2 is 2.25 bits per heavy atom. The molecule has 3 rings (SSSR count). The zero-order valence-corrected chi connectivity index (χ0v) is 15.8. The molecule has 148 valence electrons. The molecule has 1 aliphatic rings. The van der Waals surface area contributed by atoms with Gasteiger partial charge < -0.3 is 9.26 Å². The molecule has 1 aromatic carbocycles. The van der Waals surface area contributed by atoms with Crippen LogP contribution in [0.5, 0.6) is 0 Å². The molecule has 0 saturated heterocycles. The molecule has 1 saturated carbocycles. The Kier molecular flexibility index (Phi) is 6.03. The average Bonchev–Trinajstić information content (AvgIpc) is 3.20. The van der Waals surface area contributed by atoms with Crippen molar-refractivity contribution in [2.75, 3.05) is 6.54 Å². The number of halogens is 1. The highest BCUT2D eigenvalue weighted by molar-refractivity contribution is 6.30. The third kappa shape index (κ3) is 4.72. The molecule has 1 aliphatic carbocycles. The summed E-state index contributed by atoms with van der Waals surface area (Å²) in [5, 5.41) is 15.2. The lowest BCUT2D eigenvalue weighted by Crippen LogP contribution is -2.27. The van der Waals surface area contributed by atoms with Gasteiger partial charge in [-0.1, -0.05) is 35.8 Å². The van der Waals surface area contributed by atoms with Crippen LogP contribution in [0.4, 0.5) is 0 Å². The number of ketones is 1. The van der Waals surface area contributed by atoms with Gasteiger partial charge in [-0.25, -0.2) is 0 Å². The minimum Gasteiger partial charge on any atom is -0.456 e. The highest BCUT2D eigenvalue weighted by Gasteiger charge is 2.44. The monoisotopic (exact) mass is 407 g/mol. The lowest BCUT2D eigenvalue weighted by Gasteiger charge is -2.16. The molecule has 0 radical (unpaired) electrons. The van der Waals surface area contributed by atoms with Gasteiger partial charge >= 0.3 is 5.97 Å². The molecule has 28 heavy (non-hydrogen) atoms. The fourth-order valence-electron chi connectivity index (χ4n) is 3.44. The summed E-state index contributed by atoms with van der Waals surface area (Å²) in [6.45, 7) is 1.20. The van der Waals surface area contributed by atoms with Crippen molar-refractivity contribution in [2.45, 2.75) is 26.4 Å². The lowest BCUT2D eigenvalue weighted by molar-refractivity contribution is -0.490. The molecule has 9 nitrogen and oxygen atoms in total. The summed E-state index contributed by atoms with van der Waals surface area (Å²) < 4.78 is 10.2. The van der Waals surface area contributed by atoms with Crippen molar-refractivity contribution in [1.82, 2.24) is 10.1 Å². The maximum Gasteiger partial charge on any atom is 0.307 e. The topological polar surface area (TPSA) is 125 Å². The SMILES string of the molecule is C[C@H]1CC(=O)[C@H](CC(=O)OCc2nc(-c3cccc(Cl)c3)no2)[C@@H]1C[N+](=O)[O-]. The Balaban J connectivity index is 1.57. The van der Waals surface area contributed by atoms with Gasteiger partial charge in [0.25, 0.3) is 5.89 Å². The molecule has 1 fully saturated rings. The summed E-state index contributed by atoms with van der Waals surface area (Å²) in [4.78, 5) is 38.7. The largest absolute Gasteiger partial charge is 0.456 e. The van der Waals surface area contributed by atoms with Crippen LogP contribution in [0.2, 0.25) is 5.02 Å². The quantitative estimate of drug-likeness (QED) is 0.389. The van der Waals surface area contributed by atoms with Gasteiger partial charge in [0, 0.05) is 33.8 Å². The summed E-state index contributed by atoms with van der Waals surface area (Å²) in [5.41, 5.74) is 0.655. The van der Waals surface area contributed by atoms with E-state index in [9.17, 15) is 19.7 Å². The van der Waals surface area contributed by atoms with Crippen LogP contribution < -0.4 is 0 Å². The van der Waals surface area contributed by atoms with E-state index in [1.807, 2.05) is 0 Å². The summed E-state index contributed by atoms with van der Waals surface area (Å²) >= 11 is 5.93. The van der Waals surface area contributed by atoms with E-state index in [0.717, 1.165) is 0 Å². The summed E-state index contributed by atoms with van der Waals surface area (Å²) in [7, 11) is 0. The minimum absolute atomic E-state index is 0.0938. The Hall–Kier alpha value is -2.81. The fraction of sp³-hybridized carbons (Fsp3) is 0.444. The maximum absolute atomic E-state index is 12.1. The maximum atomic E-state index is 12.1. The number of carbonyl (C=O) groups excluding carboxylic acids is 2. The average molecular weight is 408 g/mol. The first-order valence-corrected chi connectivity index (χ1v) is 9.10. The summed E-state index contributed by atoms with van der Waals surface area (Å²) in [6.07, 6.45) is 0.0417. The number of ether oxygens (including phenoxy) is 1. The van der Waals surface area contributed by atoms with Crippen molar-refractivity contribution in [3.8, 4) is 11.4 Å². The van der Waals surface area contributed by atoms with Gasteiger partial charge in [0.1, 0.15) is 5.78 Å². The Morgan fingerprint density at radius 1 is 1.46 bits per heavy atom. The first-order chi connectivity index (χ1) is 13.3. The van der Waals surface area contributed by atoms with Gasteiger partial charge in [-0.05, 0) is 18.1 Å². The van der Waals surface area contributed by atoms with Crippen molar-refractivity contribution in [3.05, 3.63) is 45.3 Å². The second-order valence-corrected chi connectivity index (χ2v) is 7.26. The number of nitro groups is 1. The summed E-state index contributed by atoms with van der Waals surface area (Å²) in [5.74, 6) is -1.67. The number of aromatic nitrogens is 2. The number of benzene rings is 1. The van der Waals surface area contributed by atoms with Crippen molar-refractivity contribution in [2.24, 2.45) is 17.8 Å². The molecular formula is C18H18ClN3O6. The van der Waals surface area contributed by atoms with Crippen molar-refractivity contribution in [1.29, 1.82) is 0 Å². The predicted octanol–water partition coefficient (Wildman–Crippen LogP) is 2.94. The van der Waals surface area contributed by atoms with Crippen LogP contribution in [0, 0.1) is 27.9 Å². The molecule has 10 heteroatoms. The number of nitrogens with zero attached hydrogens (tertiary/aromatic N) is 3. The third-order valence-corrected chi connectivity index (χ3v) is 5.07. The number of esters is 1. The van der Waals surface area contributed by atoms with Crippen LogP contribution in [0.3, 0.4) is 0 Å². The van der Waals surface area contributed by atoms with Crippen LogP contribution in [0.25, 0.3) is 11.4 Å². The Bertz CT molecular complexity index is 899. The third-order valence-electron chi connectivity index (χ3n) is 4.84. The summed E-state index contributed by atoms with van der Waals surface area (Å²) in [6, 6.07) is 6.89. The zero-order chi connectivity index (χ0) is 20.3. The predicted molar refractivity (Wildman–Crippen MR) is 96.8 cm³/mol. The molecule has 0 spiro atoms. The second kappa shape index (κ2) is 8.47. The first-order valence-electron chi connectivity index (χ1n) is 8.72. The van der Waals surface area contributed by atoms with Gasteiger partial charge in [0.05, 0.1) is 6.42 Å². The highest BCUT2D eigenvalue weighted by atomic mass is 35.5. The minimum atomic E-state index is -0.697. The molecule has 1 aromatic heterocycles. The number of hydrogen-bond donors (Lipinski definition) is 0. The lowest BCUT2D eigenvalue weighted by atomic mass is 9.88. The first kappa shape index (κ1) is 19.9. The molecule has 0 bridgehead atoms. The van der Waals surface area contributed by atoms with Gasteiger partial charge in [-0.15, -0.1) is 0 Å². The molecular weight excluding hydrogens is 390 g/mol. The van der Waals surface area contributed by atoms with Gasteiger partial charge in [0.15, 0.2) is 6.61 Å². The molecule has 1 heterocycles. The van der Waals surface area contributed by atoms with Crippen LogP contribution >= 0.6 is 11.6 Å². The van der Waals surface area contributed by atoms with E-state index < -0.39 is 22.7 Å². The van der Waals surface area contributed by atoms with Crippen LogP contribution in [0.15, 0.2) is 28.8 Å². The van der Waals surface area contributed by atoms with Gasteiger partial charge in [-0.3, -0.25) is 19.7 Å². The van der Waals surface area contributed by atoms with E-state index in [-0.39, 0.29) is 43.6 Å². The molecule has 0 aliphatic heterocycles. The fourth-order valence-corrected chi connectivity index (χ4v) is 3.63. The van der Waals surface area contributed by atoms with Crippen molar-refractivity contribution < 1.29 is 23.8 Å². The van der Waals surface area contributed by atoms with E-state index in [2.05, 4.69) is 10.1 Å². The van der Waals surface area contributed by atoms with Crippen molar-refractivity contribution >= 4 is 23.4 Å². The van der Waals surface area contributed by atoms with Gasteiger partial charge in [-0.2, -0.15) is 4.98 Å². The second-order valence-electron chi connectivity index (χ2n) is 6.82. The Morgan fingerprint density at radius 3 is 2.96 bits per heavy atom. The van der Waals surface area contributed by atoms with Crippen LogP contribution in [-0.2, 0) is 20.9 Å². The Labute approximate surface area is 165 Å². The number of carbonyl (C=O) groups is 2. The number of Topliss-reactive ketones (excluding diaryl/α,β-unsaturated/α-hetero) is 1. The number of hydrogen-bond acceptors (Lipinski definition) is 8. The smallest absolute Gasteiger partial charge is 0.307 e. The van der Waals surface area contributed by atoms with Crippen LogP contribution in [0.1, 0.15) is 25.7 Å². The van der Waals surface area contributed by atoms with Gasteiger partial charge in [0.2, 0.25) is 12.4 Å². The van der Waals surface area contributed by atoms with E-state index in [1.165, 1.54) is 0 Å². The molecule has 0 amide bonds. The zero-order valence-electron chi connectivity index (χ0n) is 15.0. The van der Waals surface area contributed by atoms with E-state index in [4.69, 9.17) is 20.9 Å². The van der Waals surface area contributed by atoms with E-state index >= 15 is 0 Å². The standard InChI is InChI=1S/C18H18ClN3O6/c1-10-5-15(23)13(14(10)8-22(25)26)7-17(24)27-9-16-20-18(21-28-16)11-3-2-4-12(19)6-11/h2-4,6,10,13-14H,5,7-9H2,1H3/t10-,13+,14+/m0/s1. The normalized spacial score (nSPS) is 21.6. The van der Waals surface area contributed by atoms with E-state index in [0.29, 0.717) is 16.4 Å². The molecule has 3 atom stereocenters. The molecule has 0 unspecified atom stereocenters. The highest BCUT2D eigenvalue weighted by Crippen LogP contribution is 2.36. The van der Waals surface area contributed by atoms with E-state index in [1.54, 1.807) is 31.2 Å². The molecule has 0 N–H and O–H groups in total. The van der Waals surface area contributed by atoms with Crippen LogP contribution in [-0.4, -0.2) is 33.4 Å². The molecule has 2 aromatic rings. The van der Waals surface area contributed by atoms with Crippen molar-refractivity contribution in [3.63, 3.8) is 0 Å².